The molecule has 2 aliphatic carbocycles. The van der Waals surface area contributed by atoms with Gasteiger partial charge in [-0.05, 0) is 195 Å². The lowest BCUT2D eigenvalue weighted by atomic mass is 9.81. The second-order valence-electron chi connectivity index (χ2n) is 33.0. The van der Waals surface area contributed by atoms with Crippen molar-refractivity contribution in [3.05, 3.63) is 215 Å². The van der Waals surface area contributed by atoms with Gasteiger partial charge in [-0.3, -0.25) is 14.5 Å². The van der Waals surface area contributed by atoms with E-state index in [1.54, 1.807) is 17.3 Å². The average Bonchev–Trinajstić information content (AvgIpc) is 1.76. The molecule has 514 valence electrons. The molecule has 0 unspecified atom stereocenters. The number of piperidine rings is 1. The fourth-order valence-electron chi connectivity index (χ4n) is 13.7. The number of nitrogens with zero attached hydrogens (tertiary/aromatic N) is 5. The van der Waals surface area contributed by atoms with E-state index in [1.165, 1.54) is 166 Å². The van der Waals surface area contributed by atoms with Crippen LogP contribution in [0, 0.1) is 6.92 Å². The van der Waals surface area contributed by atoms with Crippen LogP contribution in [-0.2, 0) is 36.6 Å². The summed E-state index contributed by atoms with van der Waals surface area (Å²) < 4.78 is 7.68. The summed E-state index contributed by atoms with van der Waals surface area (Å²) in [5.74, 6) is 2.06. The van der Waals surface area contributed by atoms with Crippen LogP contribution in [0.3, 0.4) is 0 Å². The van der Waals surface area contributed by atoms with E-state index >= 15 is 0 Å². The molecule has 8 heteroatoms. The standard InChI is InChI=1S/C20H31NO.C19H26N2.C17H20N2O.C16H19N.C16H24/c1-20(2,3)18-6-4-16(5-7-18)17-8-12-21(13-9-17)19-10-14-22-15-11-19;1-19(2,3)17-11-9-15(10-12-17)16-13-20-21(14-16)18-7-5-4-6-8-18;1-12(20)19-16-10-7-14(11-18-16)13-5-8-15(9-6-13)17(2,3)4;1-12-11-17-10-9-15(12)13-5-7-14(8-6-13)16(2,3)4;1-16(2,3)15-11-9-14(10-12-15)13-7-5-4-6-8-13/h4-7,17,19H,8-15H2,1-3H3;9-14,18H,4-8H2,1-3H3;5-11H,1-4H3,(H,18,19,20);5-11H,1-4H3;9-13H,4-8H2,1-3H3. The molecule has 96 heavy (non-hydrogen) atoms. The van der Waals surface area contributed by atoms with Crippen LogP contribution < -0.4 is 5.32 Å². The second kappa shape index (κ2) is 34.0. The smallest absolute Gasteiger partial charge is 0.222 e. The lowest BCUT2D eigenvalue weighted by Gasteiger charge is -2.39. The van der Waals surface area contributed by atoms with Crippen molar-refractivity contribution in [1.82, 2.24) is 24.6 Å². The normalized spacial score (nSPS) is 16.5. The molecule has 5 aromatic carbocycles. The second-order valence-corrected chi connectivity index (χ2v) is 33.0. The molecule has 0 radical (unpaired) electrons. The van der Waals surface area contributed by atoms with Gasteiger partial charge >= 0.3 is 0 Å². The number of likely N-dealkylation sites (tertiary alicyclic amines) is 1. The molecule has 8 nitrogen and oxygen atoms in total. The highest BCUT2D eigenvalue weighted by Gasteiger charge is 2.28. The summed E-state index contributed by atoms with van der Waals surface area (Å²) in [4.78, 5) is 22.0. The first-order valence-corrected chi connectivity index (χ1v) is 36.5. The Balaban J connectivity index is 0.000000154. The Bertz CT molecular complexity index is 3580. The summed E-state index contributed by atoms with van der Waals surface area (Å²) in [6.45, 7) is 41.8. The average molecular weight is 1290 g/mol. The maximum absolute atomic E-state index is 10.9. The van der Waals surface area contributed by atoms with Crippen LogP contribution in [0.1, 0.15) is 263 Å². The van der Waals surface area contributed by atoms with E-state index in [1.807, 2.05) is 30.7 Å². The lowest BCUT2D eigenvalue weighted by molar-refractivity contribution is -0.114. The van der Waals surface area contributed by atoms with E-state index in [-0.39, 0.29) is 33.0 Å². The van der Waals surface area contributed by atoms with Gasteiger partial charge in [-0.2, -0.15) is 5.10 Å². The summed E-state index contributed by atoms with van der Waals surface area (Å²) in [5, 5.41) is 7.27. The van der Waals surface area contributed by atoms with Crippen LogP contribution in [0.15, 0.2) is 171 Å². The third-order valence-electron chi connectivity index (χ3n) is 20.2. The first-order chi connectivity index (χ1) is 45.5. The van der Waals surface area contributed by atoms with Gasteiger partial charge in [-0.1, -0.05) is 264 Å². The third-order valence-corrected chi connectivity index (χ3v) is 20.2. The van der Waals surface area contributed by atoms with E-state index in [0.717, 1.165) is 42.2 Å². The molecule has 2 saturated carbocycles. The van der Waals surface area contributed by atoms with Crippen LogP contribution >= 0.6 is 0 Å². The molecule has 1 N–H and O–H groups in total. The number of rotatable bonds is 8. The number of pyridine rings is 2. The van der Waals surface area contributed by atoms with Crippen molar-refractivity contribution in [1.29, 1.82) is 0 Å². The molecule has 2 aliphatic heterocycles. The molecule has 3 aromatic heterocycles. The van der Waals surface area contributed by atoms with Crippen LogP contribution in [-0.4, -0.2) is 62.9 Å². The molecule has 0 bridgehead atoms. The molecule has 1 amide bonds. The highest BCUT2D eigenvalue weighted by Crippen LogP contribution is 2.37. The lowest BCUT2D eigenvalue weighted by Crippen LogP contribution is -2.43. The van der Waals surface area contributed by atoms with E-state index in [2.05, 4.69) is 274 Å². The maximum Gasteiger partial charge on any atom is 0.222 e. The highest BCUT2D eigenvalue weighted by molar-refractivity contribution is 5.87. The number of ether oxygens (including phenoxy) is 1. The fourth-order valence-corrected chi connectivity index (χ4v) is 13.7. The first-order valence-electron chi connectivity index (χ1n) is 36.5. The van der Waals surface area contributed by atoms with Gasteiger partial charge in [0, 0.05) is 62.1 Å². The van der Waals surface area contributed by atoms with Crippen molar-refractivity contribution >= 4 is 11.7 Å². The zero-order valence-corrected chi connectivity index (χ0v) is 62.3. The van der Waals surface area contributed by atoms with Gasteiger partial charge in [-0.25, -0.2) is 4.98 Å². The molecule has 4 fully saturated rings. The van der Waals surface area contributed by atoms with Gasteiger partial charge in [0.25, 0.3) is 0 Å². The number of amides is 1. The predicted molar refractivity (Wildman–Crippen MR) is 408 cm³/mol. The Morgan fingerprint density at radius 2 is 0.833 bits per heavy atom. The minimum Gasteiger partial charge on any atom is -0.381 e. The Morgan fingerprint density at radius 3 is 1.25 bits per heavy atom. The highest BCUT2D eigenvalue weighted by atomic mass is 16.5. The minimum absolute atomic E-state index is 0.111. The summed E-state index contributed by atoms with van der Waals surface area (Å²) >= 11 is 0. The van der Waals surface area contributed by atoms with Crippen LogP contribution in [0.4, 0.5) is 5.82 Å². The number of hydrogen-bond donors (Lipinski definition) is 1. The van der Waals surface area contributed by atoms with Gasteiger partial charge in [0.05, 0.1) is 12.2 Å². The zero-order chi connectivity index (χ0) is 69.3. The van der Waals surface area contributed by atoms with Crippen molar-refractivity contribution in [2.75, 3.05) is 31.6 Å². The molecule has 12 rings (SSSR count). The Hall–Kier alpha value is -7.00. The number of carbonyl (C=O) groups excluding carboxylic acids is 1. The fraction of sp³-hybridized carbons (Fsp3) is 0.500. The molecule has 0 spiro atoms. The first kappa shape index (κ1) is 74.8. The van der Waals surface area contributed by atoms with E-state index in [0.29, 0.717) is 11.9 Å². The van der Waals surface area contributed by atoms with Gasteiger partial charge in [0.15, 0.2) is 0 Å². The molecule has 4 aliphatic rings. The SMILES string of the molecule is CC(=O)Nc1ccc(-c2ccc(C(C)(C)C)cc2)cn1.CC(C)(C)c1ccc(-c2cnn(C3CCCCC3)c2)cc1.CC(C)(C)c1ccc(C2CCCCC2)cc1.CC(C)(C)c1ccc(C2CCN(C3CCOCC3)CC2)cc1.Cc1cnccc1-c1ccc(C(C)(C)C)cc1. The molecule has 5 heterocycles. The minimum atomic E-state index is -0.111. The molecule has 2 saturated heterocycles. The molecule has 8 aromatic rings. The van der Waals surface area contributed by atoms with Gasteiger partial charge in [-0.15, -0.1) is 0 Å². The zero-order valence-electron chi connectivity index (χ0n) is 62.3. The molecular weight excluding hydrogens is 1170 g/mol. The van der Waals surface area contributed by atoms with Gasteiger partial charge in [0.2, 0.25) is 5.91 Å². The number of nitrogens with one attached hydrogen (secondary N) is 1. The monoisotopic (exact) mass is 1290 g/mol. The Kier molecular flexibility index (Phi) is 26.5. The van der Waals surface area contributed by atoms with Crippen molar-refractivity contribution in [3.8, 4) is 33.4 Å². The van der Waals surface area contributed by atoms with E-state index < -0.39 is 0 Å². The Morgan fingerprint density at radius 1 is 0.427 bits per heavy atom. The predicted octanol–water partition coefficient (Wildman–Crippen LogP) is 23.1. The van der Waals surface area contributed by atoms with Gasteiger partial charge in [0.1, 0.15) is 5.82 Å². The summed E-state index contributed by atoms with van der Waals surface area (Å²) in [7, 11) is 0. The summed E-state index contributed by atoms with van der Waals surface area (Å²) in [6.07, 6.45) is 28.6. The molecular formula is C88H120N6O2. The van der Waals surface area contributed by atoms with Crippen molar-refractivity contribution in [2.45, 2.75) is 259 Å². The van der Waals surface area contributed by atoms with Crippen LogP contribution in [0.5, 0.6) is 0 Å². The number of benzene rings is 5. The summed E-state index contributed by atoms with van der Waals surface area (Å²) in [6, 6.07) is 52.3. The van der Waals surface area contributed by atoms with Crippen molar-refractivity contribution in [3.63, 3.8) is 0 Å². The number of anilines is 1. The van der Waals surface area contributed by atoms with Gasteiger partial charge < -0.3 is 15.0 Å². The molecule has 0 atom stereocenters. The maximum atomic E-state index is 10.9. The van der Waals surface area contributed by atoms with E-state index in [9.17, 15) is 4.79 Å². The Labute approximate surface area is 581 Å². The van der Waals surface area contributed by atoms with Crippen molar-refractivity contribution in [2.24, 2.45) is 0 Å². The number of hydrogen-bond acceptors (Lipinski definition) is 6. The van der Waals surface area contributed by atoms with Crippen LogP contribution in [0.25, 0.3) is 33.4 Å². The third kappa shape index (κ3) is 22.5. The number of aromatic nitrogens is 4. The van der Waals surface area contributed by atoms with Crippen LogP contribution in [0.2, 0.25) is 0 Å². The topological polar surface area (TPSA) is 85.2 Å². The largest absolute Gasteiger partial charge is 0.381 e. The number of carbonyl (C=O) groups is 1. The number of aryl methyl sites for hydroxylation is 1. The quantitative estimate of drug-likeness (QED) is 0.163. The van der Waals surface area contributed by atoms with E-state index in [4.69, 9.17) is 4.74 Å². The summed E-state index contributed by atoms with van der Waals surface area (Å²) in [5.41, 5.74) is 19.6. The van der Waals surface area contributed by atoms with Crippen molar-refractivity contribution < 1.29 is 9.53 Å².